The third-order valence-corrected chi connectivity index (χ3v) is 3.18. The van der Waals surface area contributed by atoms with E-state index in [9.17, 15) is 5.11 Å². The molecule has 2 atom stereocenters. The van der Waals surface area contributed by atoms with Crippen LogP contribution in [-0.4, -0.2) is 29.4 Å². The monoisotopic (exact) mass is 199 g/mol. The van der Waals surface area contributed by atoms with E-state index in [0.717, 1.165) is 12.8 Å². The van der Waals surface area contributed by atoms with Crippen LogP contribution in [0.4, 0.5) is 0 Å². The average molecular weight is 199 g/mol. The number of hydrogen-bond donors (Lipinski definition) is 1. The SMILES string of the molecule is OC1CCOCC1Cc1cncs1. The Morgan fingerprint density at radius 3 is 3.31 bits per heavy atom. The summed E-state index contributed by atoms with van der Waals surface area (Å²) in [6.45, 7) is 1.37. The zero-order valence-electron chi connectivity index (χ0n) is 7.35. The highest BCUT2D eigenvalue weighted by Gasteiger charge is 2.24. The maximum Gasteiger partial charge on any atom is 0.0794 e. The zero-order chi connectivity index (χ0) is 9.10. The molecular formula is C9H13NO2S. The van der Waals surface area contributed by atoms with Gasteiger partial charge in [-0.2, -0.15) is 0 Å². The van der Waals surface area contributed by atoms with Crippen LogP contribution < -0.4 is 0 Å². The van der Waals surface area contributed by atoms with Crippen LogP contribution in [0.25, 0.3) is 0 Å². The summed E-state index contributed by atoms with van der Waals surface area (Å²) in [5.74, 6) is 0.259. The maximum atomic E-state index is 9.67. The van der Waals surface area contributed by atoms with Crippen molar-refractivity contribution in [2.24, 2.45) is 5.92 Å². The van der Waals surface area contributed by atoms with Crippen LogP contribution >= 0.6 is 11.3 Å². The van der Waals surface area contributed by atoms with Crippen molar-refractivity contribution in [1.82, 2.24) is 4.98 Å². The second kappa shape index (κ2) is 4.17. The molecule has 2 unspecified atom stereocenters. The van der Waals surface area contributed by atoms with Gasteiger partial charge >= 0.3 is 0 Å². The number of aliphatic hydroxyl groups excluding tert-OH is 1. The number of nitrogens with zero attached hydrogens (tertiary/aromatic N) is 1. The van der Waals surface area contributed by atoms with Crippen LogP contribution in [0.5, 0.6) is 0 Å². The van der Waals surface area contributed by atoms with Crippen LogP contribution in [-0.2, 0) is 11.2 Å². The average Bonchev–Trinajstić information content (AvgIpc) is 2.61. The topological polar surface area (TPSA) is 42.4 Å². The maximum absolute atomic E-state index is 9.67. The van der Waals surface area contributed by atoms with E-state index in [2.05, 4.69) is 4.98 Å². The summed E-state index contributed by atoms with van der Waals surface area (Å²) in [4.78, 5) is 5.24. The summed E-state index contributed by atoms with van der Waals surface area (Å²) in [5, 5.41) is 9.67. The van der Waals surface area contributed by atoms with E-state index in [1.807, 2.05) is 11.7 Å². The number of ether oxygens (including phenoxy) is 1. The van der Waals surface area contributed by atoms with Crippen molar-refractivity contribution < 1.29 is 9.84 Å². The molecule has 0 radical (unpaired) electrons. The highest BCUT2D eigenvalue weighted by molar-refractivity contribution is 7.09. The van der Waals surface area contributed by atoms with Crippen molar-refractivity contribution in [2.75, 3.05) is 13.2 Å². The Kier molecular flexibility index (Phi) is 2.93. The van der Waals surface area contributed by atoms with E-state index in [1.165, 1.54) is 4.88 Å². The third-order valence-electron chi connectivity index (χ3n) is 2.38. The van der Waals surface area contributed by atoms with Crippen molar-refractivity contribution in [3.05, 3.63) is 16.6 Å². The Bertz CT molecular complexity index is 250. The smallest absolute Gasteiger partial charge is 0.0794 e. The molecule has 13 heavy (non-hydrogen) atoms. The van der Waals surface area contributed by atoms with Crippen LogP contribution in [0, 0.1) is 5.92 Å². The highest BCUT2D eigenvalue weighted by atomic mass is 32.1. The highest BCUT2D eigenvalue weighted by Crippen LogP contribution is 2.21. The Morgan fingerprint density at radius 2 is 2.62 bits per heavy atom. The number of aromatic nitrogens is 1. The lowest BCUT2D eigenvalue weighted by Gasteiger charge is -2.27. The molecule has 3 nitrogen and oxygen atoms in total. The van der Waals surface area contributed by atoms with Crippen molar-refractivity contribution in [1.29, 1.82) is 0 Å². The van der Waals surface area contributed by atoms with Crippen molar-refractivity contribution in [2.45, 2.75) is 18.9 Å². The second-order valence-corrected chi connectivity index (χ2v) is 4.33. The summed E-state index contributed by atoms with van der Waals surface area (Å²) < 4.78 is 5.33. The lowest BCUT2D eigenvalue weighted by Crippen LogP contribution is -2.32. The fraction of sp³-hybridized carbons (Fsp3) is 0.667. The fourth-order valence-electron chi connectivity index (χ4n) is 1.58. The summed E-state index contributed by atoms with van der Waals surface area (Å²) in [7, 11) is 0. The van der Waals surface area contributed by atoms with Gasteiger partial charge < -0.3 is 9.84 Å². The molecule has 1 aromatic rings. The first kappa shape index (κ1) is 9.12. The first-order valence-corrected chi connectivity index (χ1v) is 5.37. The molecule has 0 aliphatic carbocycles. The predicted molar refractivity (Wildman–Crippen MR) is 50.8 cm³/mol. The minimum Gasteiger partial charge on any atom is -0.393 e. The van der Waals surface area contributed by atoms with Crippen LogP contribution in [0.1, 0.15) is 11.3 Å². The van der Waals surface area contributed by atoms with Gasteiger partial charge in [0, 0.05) is 23.6 Å². The van der Waals surface area contributed by atoms with Gasteiger partial charge in [-0.3, -0.25) is 4.98 Å². The molecule has 0 bridgehead atoms. The summed E-state index contributed by atoms with van der Waals surface area (Å²) in [6, 6.07) is 0. The molecule has 1 aliphatic heterocycles. The van der Waals surface area contributed by atoms with Crippen LogP contribution in [0.3, 0.4) is 0 Å². The largest absolute Gasteiger partial charge is 0.393 e. The van der Waals surface area contributed by atoms with E-state index in [-0.39, 0.29) is 12.0 Å². The molecule has 0 amide bonds. The van der Waals surface area contributed by atoms with Gasteiger partial charge in [-0.05, 0) is 12.8 Å². The first-order chi connectivity index (χ1) is 6.36. The van der Waals surface area contributed by atoms with Gasteiger partial charge in [0.05, 0.1) is 18.2 Å². The Hall–Kier alpha value is -0.450. The van der Waals surface area contributed by atoms with E-state index < -0.39 is 0 Å². The second-order valence-electron chi connectivity index (χ2n) is 3.36. The molecular weight excluding hydrogens is 186 g/mol. The number of rotatable bonds is 2. The molecule has 0 saturated carbocycles. The third kappa shape index (κ3) is 2.27. The zero-order valence-corrected chi connectivity index (χ0v) is 8.17. The van der Waals surface area contributed by atoms with Gasteiger partial charge in [0.25, 0.3) is 0 Å². The van der Waals surface area contributed by atoms with E-state index >= 15 is 0 Å². The van der Waals surface area contributed by atoms with Gasteiger partial charge in [0.2, 0.25) is 0 Å². The fourth-order valence-corrected chi connectivity index (χ4v) is 2.27. The normalized spacial score (nSPS) is 29.0. The molecule has 1 saturated heterocycles. The minimum atomic E-state index is -0.198. The first-order valence-electron chi connectivity index (χ1n) is 4.49. The van der Waals surface area contributed by atoms with Gasteiger partial charge in [-0.15, -0.1) is 11.3 Å². The Morgan fingerprint density at radius 1 is 1.69 bits per heavy atom. The number of aliphatic hydroxyl groups is 1. The van der Waals surface area contributed by atoms with Gasteiger partial charge in [0.1, 0.15) is 0 Å². The quantitative estimate of drug-likeness (QED) is 0.775. The number of thiazole rings is 1. The molecule has 2 rings (SSSR count). The lowest BCUT2D eigenvalue weighted by molar-refractivity contribution is -0.0348. The molecule has 0 spiro atoms. The van der Waals surface area contributed by atoms with Crippen molar-refractivity contribution >= 4 is 11.3 Å². The van der Waals surface area contributed by atoms with E-state index in [1.54, 1.807) is 11.3 Å². The lowest BCUT2D eigenvalue weighted by atomic mass is 9.95. The molecule has 2 heterocycles. The van der Waals surface area contributed by atoms with E-state index in [0.29, 0.717) is 13.2 Å². The van der Waals surface area contributed by atoms with Crippen LogP contribution in [0.15, 0.2) is 11.7 Å². The molecule has 72 valence electrons. The van der Waals surface area contributed by atoms with Crippen molar-refractivity contribution in [3.63, 3.8) is 0 Å². The standard InChI is InChI=1S/C9H13NO2S/c11-9-1-2-12-5-7(9)3-8-4-10-6-13-8/h4,6-7,9,11H,1-3,5H2. The Labute approximate surface area is 81.4 Å². The summed E-state index contributed by atoms with van der Waals surface area (Å²) >= 11 is 1.64. The van der Waals surface area contributed by atoms with Gasteiger partial charge in [-0.1, -0.05) is 0 Å². The number of hydrogen-bond acceptors (Lipinski definition) is 4. The van der Waals surface area contributed by atoms with Gasteiger partial charge in [0.15, 0.2) is 0 Å². The summed E-state index contributed by atoms with van der Waals surface area (Å²) in [6.07, 6.45) is 3.33. The minimum absolute atomic E-state index is 0.198. The molecule has 1 aliphatic rings. The summed E-state index contributed by atoms with van der Waals surface area (Å²) in [5.41, 5.74) is 1.82. The van der Waals surface area contributed by atoms with Crippen molar-refractivity contribution in [3.8, 4) is 0 Å². The Balaban J connectivity index is 1.93. The molecule has 0 aromatic carbocycles. The molecule has 4 heteroatoms. The molecule has 1 fully saturated rings. The van der Waals surface area contributed by atoms with Gasteiger partial charge in [-0.25, -0.2) is 0 Å². The molecule has 1 aromatic heterocycles. The van der Waals surface area contributed by atoms with E-state index in [4.69, 9.17) is 4.74 Å². The van der Waals surface area contributed by atoms with Crippen LogP contribution in [0.2, 0.25) is 0 Å². The molecule has 1 N–H and O–H groups in total. The predicted octanol–water partition coefficient (Wildman–Crippen LogP) is 1.08.